The van der Waals surface area contributed by atoms with Crippen LogP contribution in [0, 0.1) is 13.8 Å². The Balaban J connectivity index is 1.39. The summed E-state index contributed by atoms with van der Waals surface area (Å²) in [5, 5.41) is 7.46. The van der Waals surface area contributed by atoms with Gasteiger partial charge in [0.25, 0.3) is 5.91 Å². The summed E-state index contributed by atoms with van der Waals surface area (Å²) < 4.78 is 16.6. The van der Waals surface area contributed by atoms with E-state index in [0.717, 1.165) is 39.8 Å². The molecule has 0 unspecified atom stereocenters. The van der Waals surface area contributed by atoms with Crippen LogP contribution in [0.4, 0.5) is 5.69 Å². The van der Waals surface area contributed by atoms with Crippen LogP contribution in [-0.2, 0) is 13.2 Å². The highest BCUT2D eigenvalue weighted by Gasteiger charge is 2.33. The molecule has 1 amide bonds. The number of aryl methyl sites for hydroxylation is 2. The number of carbonyl (C=O) groups is 1. The summed E-state index contributed by atoms with van der Waals surface area (Å²) in [7, 11) is 0. The first kappa shape index (κ1) is 19.9. The number of hydrogen-bond donors (Lipinski definition) is 1. The largest absolute Gasteiger partial charge is 0.489 e. The molecule has 2 aromatic heterocycles. The Kier molecular flexibility index (Phi) is 5.15. The number of fused-ring (bicyclic) bond motifs is 1. The van der Waals surface area contributed by atoms with Crippen molar-refractivity contribution in [3.05, 3.63) is 101 Å². The SMILES string of the molecule is Cc1noc(C)c1COc1ccc([C@@H]2Nc3ccccc3C(=O)N2Cc2ccco2)cc1. The second-order valence-corrected chi connectivity index (χ2v) is 7.77. The zero-order valence-electron chi connectivity index (χ0n) is 17.9. The van der Waals surface area contributed by atoms with Gasteiger partial charge in [-0.3, -0.25) is 4.79 Å². The Morgan fingerprint density at radius 1 is 1.06 bits per heavy atom. The van der Waals surface area contributed by atoms with Gasteiger partial charge in [0.1, 0.15) is 30.0 Å². The highest BCUT2D eigenvalue weighted by molar-refractivity contribution is 6.01. The molecule has 1 aliphatic heterocycles. The lowest BCUT2D eigenvalue weighted by atomic mass is 10.0. The molecule has 0 fully saturated rings. The number of nitrogens with one attached hydrogen (secondary N) is 1. The molecule has 4 aromatic rings. The van der Waals surface area contributed by atoms with Gasteiger partial charge in [-0.15, -0.1) is 0 Å². The zero-order valence-corrected chi connectivity index (χ0v) is 17.9. The lowest BCUT2D eigenvalue weighted by molar-refractivity contribution is 0.0651. The first-order chi connectivity index (χ1) is 15.6. The first-order valence-corrected chi connectivity index (χ1v) is 10.4. The molecule has 162 valence electrons. The van der Waals surface area contributed by atoms with Gasteiger partial charge in [-0.05, 0) is 55.8 Å². The third kappa shape index (κ3) is 3.73. The van der Waals surface area contributed by atoms with E-state index >= 15 is 0 Å². The Morgan fingerprint density at radius 2 is 1.88 bits per heavy atom. The van der Waals surface area contributed by atoms with Crippen LogP contribution in [0.15, 0.2) is 75.9 Å². The fourth-order valence-corrected chi connectivity index (χ4v) is 3.90. The Morgan fingerprint density at radius 3 is 2.59 bits per heavy atom. The smallest absolute Gasteiger partial charge is 0.258 e. The van der Waals surface area contributed by atoms with Crippen molar-refractivity contribution in [3.63, 3.8) is 0 Å². The Hall–Kier alpha value is -4.00. The van der Waals surface area contributed by atoms with Crippen LogP contribution >= 0.6 is 0 Å². The Bertz CT molecular complexity index is 1210. The number of amides is 1. The standard InChI is InChI=1S/C25H23N3O4/c1-16-22(17(2)32-27-16)15-31-19-11-9-18(10-12-19)24-26-23-8-4-3-7-21(23)25(29)28(24)14-20-6-5-13-30-20/h3-13,24,26H,14-15H2,1-2H3/t24-/m1/s1. The van der Waals surface area contributed by atoms with Gasteiger partial charge in [-0.1, -0.05) is 29.4 Å². The molecule has 1 aliphatic rings. The molecule has 7 nitrogen and oxygen atoms in total. The number of aromatic nitrogens is 1. The predicted molar refractivity (Wildman–Crippen MR) is 118 cm³/mol. The minimum Gasteiger partial charge on any atom is -0.489 e. The highest BCUT2D eigenvalue weighted by atomic mass is 16.5. The number of nitrogens with zero attached hydrogens (tertiary/aromatic N) is 2. The molecule has 0 saturated heterocycles. The van der Waals surface area contributed by atoms with Gasteiger partial charge in [0.15, 0.2) is 0 Å². The second-order valence-electron chi connectivity index (χ2n) is 7.77. The number of carbonyl (C=O) groups excluding carboxylic acids is 1. The van der Waals surface area contributed by atoms with Crippen LogP contribution in [0.5, 0.6) is 5.75 Å². The second kappa shape index (κ2) is 8.26. The van der Waals surface area contributed by atoms with E-state index in [0.29, 0.717) is 18.7 Å². The van der Waals surface area contributed by atoms with Crippen LogP contribution in [0.25, 0.3) is 0 Å². The van der Waals surface area contributed by atoms with Gasteiger partial charge in [-0.2, -0.15) is 0 Å². The maximum atomic E-state index is 13.3. The number of rotatable bonds is 6. The average molecular weight is 429 g/mol. The van der Waals surface area contributed by atoms with Gasteiger partial charge in [0, 0.05) is 5.69 Å². The summed E-state index contributed by atoms with van der Waals surface area (Å²) in [6.45, 7) is 4.52. The molecule has 5 rings (SSSR count). The fourth-order valence-electron chi connectivity index (χ4n) is 3.90. The molecule has 7 heteroatoms. The number of para-hydroxylation sites is 1. The quantitative estimate of drug-likeness (QED) is 0.452. The minimum absolute atomic E-state index is 0.0421. The summed E-state index contributed by atoms with van der Waals surface area (Å²) in [6, 6.07) is 19.0. The summed E-state index contributed by atoms with van der Waals surface area (Å²) in [4.78, 5) is 15.1. The summed E-state index contributed by atoms with van der Waals surface area (Å²) in [5.74, 6) is 2.17. The topological polar surface area (TPSA) is 80.7 Å². The van der Waals surface area contributed by atoms with Crippen LogP contribution in [0.2, 0.25) is 0 Å². The number of benzene rings is 2. The molecule has 1 atom stereocenters. The molecule has 0 bridgehead atoms. The van der Waals surface area contributed by atoms with E-state index in [1.165, 1.54) is 0 Å². The van der Waals surface area contributed by atoms with Crippen molar-refractivity contribution < 1.29 is 18.5 Å². The number of hydrogen-bond acceptors (Lipinski definition) is 6. The molecular weight excluding hydrogens is 406 g/mol. The molecule has 3 heterocycles. The fraction of sp³-hybridized carbons (Fsp3) is 0.200. The summed E-state index contributed by atoms with van der Waals surface area (Å²) in [6.07, 6.45) is 1.28. The first-order valence-electron chi connectivity index (χ1n) is 10.4. The van der Waals surface area contributed by atoms with E-state index in [9.17, 15) is 4.79 Å². The maximum absolute atomic E-state index is 13.3. The molecule has 1 N–H and O–H groups in total. The average Bonchev–Trinajstić information content (AvgIpc) is 3.44. The van der Waals surface area contributed by atoms with E-state index in [1.807, 2.05) is 74.5 Å². The van der Waals surface area contributed by atoms with Crippen molar-refractivity contribution in [2.75, 3.05) is 5.32 Å². The normalized spacial score (nSPS) is 15.4. The number of ether oxygens (including phenoxy) is 1. The van der Waals surface area contributed by atoms with Gasteiger partial charge >= 0.3 is 0 Å². The van der Waals surface area contributed by atoms with Crippen molar-refractivity contribution in [2.45, 2.75) is 33.2 Å². The molecule has 32 heavy (non-hydrogen) atoms. The monoisotopic (exact) mass is 429 g/mol. The summed E-state index contributed by atoms with van der Waals surface area (Å²) >= 11 is 0. The molecular formula is C25H23N3O4. The molecule has 2 aromatic carbocycles. The third-order valence-corrected chi connectivity index (χ3v) is 5.69. The number of furan rings is 1. The van der Waals surface area contributed by atoms with Crippen molar-refractivity contribution in [1.82, 2.24) is 10.1 Å². The van der Waals surface area contributed by atoms with E-state index in [4.69, 9.17) is 13.7 Å². The van der Waals surface area contributed by atoms with E-state index in [1.54, 1.807) is 11.2 Å². The molecule has 0 radical (unpaired) electrons. The van der Waals surface area contributed by atoms with Crippen molar-refractivity contribution in [3.8, 4) is 5.75 Å². The third-order valence-electron chi connectivity index (χ3n) is 5.69. The van der Waals surface area contributed by atoms with Crippen molar-refractivity contribution in [1.29, 1.82) is 0 Å². The molecule has 0 aliphatic carbocycles. The zero-order chi connectivity index (χ0) is 22.1. The highest BCUT2D eigenvalue weighted by Crippen LogP contribution is 2.34. The maximum Gasteiger partial charge on any atom is 0.258 e. The van der Waals surface area contributed by atoms with Crippen LogP contribution in [-0.4, -0.2) is 16.0 Å². The van der Waals surface area contributed by atoms with Crippen molar-refractivity contribution in [2.24, 2.45) is 0 Å². The van der Waals surface area contributed by atoms with Gasteiger partial charge in [-0.25, -0.2) is 0 Å². The Labute approximate surface area is 185 Å². The van der Waals surface area contributed by atoms with Crippen LogP contribution < -0.4 is 10.1 Å². The molecule has 0 spiro atoms. The van der Waals surface area contributed by atoms with Gasteiger partial charge in [0.05, 0.1) is 29.6 Å². The predicted octanol–water partition coefficient (Wildman–Crippen LogP) is 5.23. The van der Waals surface area contributed by atoms with Gasteiger partial charge in [0.2, 0.25) is 0 Å². The summed E-state index contributed by atoms with van der Waals surface area (Å²) in [5.41, 5.74) is 4.20. The van der Waals surface area contributed by atoms with E-state index in [-0.39, 0.29) is 12.1 Å². The lowest BCUT2D eigenvalue weighted by Crippen LogP contribution is -2.42. The number of anilines is 1. The minimum atomic E-state index is -0.334. The van der Waals surface area contributed by atoms with Crippen molar-refractivity contribution >= 4 is 11.6 Å². The molecule has 0 saturated carbocycles. The van der Waals surface area contributed by atoms with Crippen LogP contribution in [0.1, 0.15) is 44.9 Å². The van der Waals surface area contributed by atoms with Crippen LogP contribution in [0.3, 0.4) is 0 Å². The van der Waals surface area contributed by atoms with Gasteiger partial charge < -0.3 is 23.9 Å². The van der Waals surface area contributed by atoms with E-state index in [2.05, 4.69) is 10.5 Å². The van der Waals surface area contributed by atoms with E-state index < -0.39 is 0 Å². The lowest BCUT2D eigenvalue weighted by Gasteiger charge is -2.37.